The van der Waals surface area contributed by atoms with Crippen LogP contribution in [0.5, 0.6) is 0 Å². The van der Waals surface area contributed by atoms with E-state index in [9.17, 15) is 0 Å². The first-order valence-electron chi connectivity index (χ1n) is 2.31. The Balaban J connectivity index is 3.06. The van der Waals surface area contributed by atoms with Gasteiger partial charge in [-0.15, -0.1) is 0 Å². The van der Waals surface area contributed by atoms with Gasteiger partial charge in [0, 0.05) is 12.1 Å². The van der Waals surface area contributed by atoms with Crippen LogP contribution in [0.4, 0.5) is 0 Å². The van der Waals surface area contributed by atoms with Gasteiger partial charge in [0.25, 0.3) is 0 Å². The highest BCUT2D eigenvalue weighted by Crippen LogP contribution is 2.09. The van der Waals surface area contributed by atoms with E-state index in [2.05, 4.69) is 17.4 Å². The zero-order valence-electron chi connectivity index (χ0n) is 4.06. The first kappa shape index (κ1) is 3.78. The molecule has 38 valence electrons. The normalized spacial score (nSPS) is 10.5. The summed E-state index contributed by atoms with van der Waals surface area (Å²) in [5.41, 5.74) is 1.76. The van der Waals surface area contributed by atoms with Gasteiger partial charge in [-0.05, 0) is 0 Å². The number of H-pyrrole nitrogens is 1. The van der Waals surface area contributed by atoms with Crippen molar-refractivity contribution in [1.82, 2.24) is 4.98 Å². The summed E-state index contributed by atoms with van der Waals surface area (Å²) in [6.07, 6.45) is 5.37. The van der Waals surface area contributed by atoms with Crippen molar-refractivity contribution in [2.75, 3.05) is 0 Å². The molecule has 0 aliphatic carbocycles. The van der Waals surface area contributed by atoms with Crippen LogP contribution < -0.4 is 0 Å². The highest BCUT2D eigenvalue weighted by molar-refractivity contribution is 5.71. The van der Waals surface area contributed by atoms with E-state index in [1.54, 1.807) is 12.1 Å². The Kier molecular flexibility index (Phi) is 0.545. The Bertz CT molecular complexity index is 230. The van der Waals surface area contributed by atoms with Crippen molar-refractivity contribution >= 4 is 11.1 Å². The smallest absolute Gasteiger partial charge is 0.172 e. The summed E-state index contributed by atoms with van der Waals surface area (Å²) in [6, 6.07) is 3.48. The molecule has 0 aromatic carbocycles. The lowest BCUT2D eigenvalue weighted by atomic mass is 10.5. The molecule has 0 atom stereocenters. The molecule has 0 saturated carbocycles. The molecule has 0 unspecified atom stereocenters. The summed E-state index contributed by atoms with van der Waals surface area (Å²) in [5.74, 6) is 0. The lowest BCUT2D eigenvalue weighted by Crippen LogP contribution is -1.50. The standard InChI is InChI=1S/C6H3NO/c1-3-7-5-2-4-8-6(1)5/h1-2,7H. The van der Waals surface area contributed by atoms with E-state index < -0.39 is 0 Å². The van der Waals surface area contributed by atoms with Crippen LogP contribution in [0.15, 0.2) is 16.5 Å². The maximum Gasteiger partial charge on any atom is 0.172 e. The molecular weight excluding hydrogens is 102 g/mol. The Labute approximate surface area is 46.1 Å². The average molecular weight is 105 g/mol. The zero-order chi connectivity index (χ0) is 5.40. The van der Waals surface area contributed by atoms with Crippen molar-refractivity contribution < 1.29 is 4.42 Å². The molecule has 1 N–H and O–H groups in total. The van der Waals surface area contributed by atoms with Gasteiger partial charge in [0.1, 0.15) is 0 Å². The SMILES string of the molecule is [c]1cc2o[c]cc2[nH]1. The number of aromatic amines is 1. The van der Waals surface area contributed by atoms with Crippen molar-refractivity contribution in [3.63, 3.8) is 0 Å². The molecule has 0 aliphatic heterocycles. The third-order valence-corrected chi connectivity index (χ3v) is 1.05. The average Bonchev–Trinajstić information content (AvgIpc) is 2.15. The number of hydrogen-bond donors (Lipinski definition) is 1. The van der Waals surface area contributed by atoms with Crippen LogP contribution in [-0.4, -0.2) is 4.98 Å². The topological polar surface area (TPSA) is 28.9 Å². The Morgan fingerprint density at radius 3 is 3.38 bits per heavy atom. The maximum absolute atomic E-state index is 4.87. The third kappa shape index (κ3) is 0.320. The zero-order valence-corrected chi connectivity index (χ0v) is 4.06. The number of rotatable bonds is 0. The van der Waals surface area contributed by atoms with Gasteiger partial charge in [-0.2, -0.15) is 0 Å². The summed E-state index contributed by atoms with van der Waals surface area (Å²) >= 11 is 0. The van der Waals surface area contributed by atoms with Crippen LogP contribution in [-0.2, 0) is 0 Å². The van der Waals surface area contributed by atoms with Crippen LogP contribution in [0, 0.1) is 12.5 Å². The second kappa shape index (κ2) is 1.15. The predicted octanol–water partition coefficient (Wildman–Crippen LogP) is 1.36. The van der Waals surface area contributed by atoms with E-state index in [0.717, 1.165) is 11.1 Å². The van der Waals surface area contributed by atoms with E-state index in [4.69, 9.17) is 4.42 Å². The van der Waals surface area contributed by atoms with Gasteiger partial charge >= 0.3 is 0 Å². The van der Waals surface area contributed by atoms with Crippen LogP contribution in [0.25, 0.3) is 11.1 Å². The van der Waals surface area contributed by atoms with Crippen LogP contribution in [0.2, 0.25) is 0 Å². The highest BCUT2D eigenvalue weighted by atomic mass is 16.3. The van der Waals surface area contributed by atoms with Gasteiger partial charge in [0.15, 0.2) is 11.8 Å². The van der Waals surface area contributed by atoms with Gasteiger partial charge in [-0.25, -0.2) is 0 Å². The number of hydrogen-bond acceptors (Lipinski definition) is 1. The van der Waals surface area contributed by atoms with E-state index in [1.807, 2.05) is 0 Å². The lowest BCUT2D eigenvalue weighted by molar-refractivity contribution is 0.606. The van der Waals surface area contributed by atoms with Gasteiger partial charge in [-0.3, -0.25) is 0 Å². The summed E-state index contributed by atoms with van der Waals surface area (Å²) in [5, 5.41) is 0. The van der Waals surface area contributed by atoms with E-state index in [1.165, 1.54) is 0 Å². The predicted molar refractivity (Wildman–Crippen MR) is 28.2 cm³/mol. The second-order valence-corrected chi connectivity index (χ2v) is 1.56. The van der Waals surface area contributed by atoms with E-state index in [0.29, 0.717) is 0 Å². The number of nitrogens with one attached hydrogen (secondary N) is 1. The minimum absolute atomic E-state index is 0.810. The van der Waals surface area contributed by atoms with Crippen molar-refractivity contribution in [2.45, 2.75) is 0 Å². The Hall–Kier alpha value is -1.18. The number of fused-ring (bicyclic) bond motifs is 1. The summed E-state index contributed by atoms with van der Waals surface area (Å²) in [4.78, 5) is 2.85. The van der Waals surface area contributed by atoms with Gasteiger partial charge < -0.3 is 9.40 Å². The minimum Gasteiger partial charge on any atom is -0.451 e. The molecule has 0 bridgehead atoms. The summed E-state index contributed by atoms with van der Waals surface area (Å²) < 4.78 is 4.87. The van der Waals surface area contributed by atoms with Crippen LogP contribution >= 0.6 is 0 Å². The molecule has 2 heteroatoms. The maximum atomic E-state index is 4.87. The molecule has 2 aromatic rings. The molecule has 2 rings (SSSR count). The Morgan fingerprint density at radius 2 is 2.50 bits per heavy atom. The first-order chi connectivity index (χ1) is 3.97. The molecule has 0 amide bonds. The molecule has 0 aliphatic rings. The van der Waals surface area contributed by atoms with E-state index in [-0.39, 0.29) is 0 Å². The second-order valence-electron chi connectivity index (χ2n) is 1.56. The van der Waals surface area contributed by atoms with Crippen molar-refractivity contribution in [3.05, 3.63) is 24.6 Å². The first-order valence-corrected chi connectivity index (χ1v) is 2.31. The third-order valence-electron chi connectivity index (χ3n) is 1.05. The highest BCUT2D eigenvalue weighted by Gasteiger charge is 1.92. The number of aromatic nitrogens is 1. The minimum atomic E-state index is 0.810. The fraction of sp³-hybridized carbons (Fsp3) is 0. The molecule has 2 aromatic heterocycles. The van der Waals surface area contributed by atoms with Crippen molar-refractivity contribution in [3.8, 4) is 0 Å². The lowest BCUT2D eigenvalue weighted by Gasteiger charge is -1.65. The quantitative estimate of drug-likeness (QED) is 0.538. The Morgan fingerprint density at radius 1 is 1.50 bits per heavy atom. The molecule has 8 heavy (non-hydrogen) atoms. The molecule has 2 radical (unpaired) electrons. The van der Waals surface area contributed by atoms with Gasteiger partial charge in [-0.1, -0.05) is 0 Å². The largest absolute Gasteiger partial charge is 0.451 e. The summed E-state index contributed by atoms with van der Waals surface area (Å²) in [7, 11) is 0. The van der Waals surface area contributed by atoms with Crippen LogP contribution in [0.1, 0.15) is 0 Å². The molecule has 2 heterocycles. The van der Waals surface area contributed by atoms with E-state index >= 15 is 0 Å². The van der Waals surface area contributed by atoms with Crippen LogP contribution in [0.3, 0.4) is 0 Å². The van der Waals surface area contributed by atoms with Crippen molar-refractivity contribution in [1.29, 1.82) is 0 Å². The number of furan rings is 1. The molecule has 0 saturated heterocycles. The van der Waals surface area contributed by atoms with Crippen molar-refractivity contribution in [2.24, 2.45) is 0 Å². The summed E-state index contributed by atoms with van der Waals surface area (Å²) in [6.45, 7) is 0. The van der Waals surface area contributed by atoms with Gasteiger partial charge in [0.2, 0.25) is 0 Å². The fourth-order valence-electron chi connectivity index (χ4n) is 0.662. The molecule has 0 fully saturated rings. The molecule has 0 spiro atoms. The monoisotopic (exact) mass is 105 g/mol. The molecule has 2 nitrogen and oxygen atoms in total. The molecular formula is C6H3NO. The van der Waals surface area contributed by atoms with Gasteiger partial charge in [0.05, 0.1) is 11.7 Å². The fourth-order valence-corrected chi connectivity index (χ4v) is 0.662.